The third-order valence-corrected chi connectivity index (χ3v) is 13.5. The van der Waals surface area contributed by atoms with Gasteiger partial charge in [-0.05, 0) is 212 Å². The topological polar surface area (TPSA) is 6.48 Å². The van der Waals surface area contributed by atoms with Gasteiger partial charge in [0.25, 0.3) is 0 Å². The van der Waals surface area contributed by atoms with Crippen LogP contribution in [0, 0.1) is 55.4 Å². The van der Waals surface area contributed by atoms with E-state index < -0.39 is 0 Å². The Bertz CT molecular complexity index is 2770. The number of benzene rings is 8. The minimum absolute atomic E-state index is 0.593. The molecule has 1 fully saturated rings. The summed E-state index contributed by atoms with van der Waals surface area (Å²) >= 11 is 0. The molecule has 8 aromatic rings. The van der Waals surface area contributed by atoms with Crippen molar-refractivity contribution in [2.45, 2.75) is 93.4 Å². The Hall–Kier alpha value is -5.86. The van der Waals surface area contributed by atoms with Crippen molar-refractivity contribution in [3.05, 3.63) is 177 Å². The Balaban J connectivity index is 1.40. The molecule has 0 unspecified atom stereocenters. The smallest absolute Gasteiger partial charge is 0.0546 e. The first-order valence-electron chi connectivity index (χ1n) is 21.4. The van der Waals surface area contributed by atoms with Crippen LogP contribution in [-0.2, 0) is 0 Å². The van der Waals surface area contributed by atoms with E-state index in [2.05, 4.69) is 193 Å². The van der Waals surface area contributed by atoms with Gasteiger partial charge in [0.2, 0.25) is 0 Å². The average molecular weight is 757 g/mol. The number of fused-ring (bicyclic) bond motifs is 5. The molecule has 0 amide bonds. The molecule has 9 rings (SSSR count). The van der Waals surface area contributed by atoms with Gasteiger partial charge in [0, 0.05) is 33.5 Å². The molecule has 0 bridgehead atoms. The van der Waals surface area contributed by atoms with E-state index in [1.807, 2.05) is 0 Å². The maximum Gasteiger partial charge on any atom is 0.0546 e. The van der Waals surface area contributed by atoms with Crippen LogP contribution in [0.3, 0.4) is 0 Å². The molecule has 2 heteroatoms. The zero-order valence-electron chi connectivity index (χ0n) is 35.6. The fraction of sp³-hybridized carbons (Fsp3) is 0.250. The van der Waals surface area contributed by atoms with Crippen LogP contribution in [0.4, 0.5) is 34.1 Å². The quantitative estimate of drug-likeness (QED) is 0.149. The van der Waals surface area contributed by atoms with Crippen LogP contribution in [0.1, 0.15) is 88.1 Å². The molecule has 2 nitrogen and oxygen atoms in total. The molecular formula is C56H56N2. The van der Waals surface area contributed by atoms with E-state index in [-0.39, 0.29) is 0 Å². The Labute approximate surface area is 345 Å². The maximum atomic E-state index is 2.56. The highest BCUT2D eigenvalue weighted by Crippen LogP contribution is 2.49. The van der Waals surface area contributed by atoms with Gasteiger partial charge in [-0.25, -0.2) is 0 Å². The van der Waals surface area contributed by atoms with Crippen molar-refractivity contribution in [1.29, 1.82) is 0 Å². The Morgan fingerprint density at radius 3 is 1.16 bits per heavy atom. The second-order valence-electron chi connectivity index (χ2n) is 17.3. The summed E-state index contributed by atoms with van der Waals surface area (Å²) in [6, 6.07) is 49.3. The highest BCUT2D eigenvalue weighted by molar-refractivity contribution is 6.24. The van der Waals surface area contributed by atoms with Crippen molar-refractivity contribution in [3.63, 3.8) is 0 Å². The molecule has 0 atom stereocenters. The first-order valence-corrected chi connectivity index (χ1v) is 21.4. The van der Waals surface area contributed by atoms with Crippen molar-refractivity contribution in [2.75, 3.05) is 9.80 Å². The molecule has 0 aromatic heterocycles. The monoisotopic (exact) mass is 756 g/mol. The van der Waals surface area contributed by atoms with Gasteiger partial charge in [0.15, 0.2) is 0 Å². The van der Waals surface area contributed by atoms with Gasteiger partial charge in [-0.1, -0.05) is 79.9 Å². The summed E-state index contributed by atoms with van der Waals surface area (Å²) < 4.78 is 0. The first-order chi connectivity index (χ1) is 28.0. The van der Waals surface area contributed by atoms with E-state index in [0.717, 1.165) is 0 Å². The van der Waals surface area contributed by atoms with E-state index in [4.69, 9.17) is 0 Å². The van der Waals surface area contributed by atoms with E-state index in [9.17, 15) is 0 Å². The second-order valence-corrected chi connectivity index (χ2v) is 17.3. The Kier molecular flexibility index (Phi) is 9.84. The van der Waals surface area contributed by atoms with Gasteiger partial charge in [-0.2, -0.15) is 0 Å². The normalized spacial score (nSPS) is 13.4. The molecule has 0 heterocycles. The number of nitrogens with zero attached hydrogens (tertiary/aromatic N) is 2. The summed E-state index contributed by atoms with van der Waals surface area (Å²) in [5.74, 6) is 0.593. The lowest BCUT2D eigenvalue weighted by molar-refractivity contribution is 0.444. The summed E-state index contributed by atoms with van der Waals surface area (Å²) in [6.07, 6.45) is 6.50. The highest BCUT2D eigenvalue weighted by atomic mass is 15.2. The zero-order chi connectivity index (χ0) is 40.2. The number of hydrogen-bond acceptors (Lipinski definition) is 2. The van der Waals surface area contributed by atoms with Gasteiger partial charge in [-0.3, -0.25) is 0 Å². The summed E-state index contributed by atoms with van der Waals surface area (Å²) in [5.41, 5.74) is 19.0. The van der Waals surface area contributed by atoms with Crippen LogP contribution in [0.25, 0.3) is 32.3 Å². The van der Waals surface area contributed by atoms with Gasteiger partial charge in [0.05, 0.1) is 11.4 Å². The standard InChI is InChI=1S/C56H56N2/c1-35-18-23-45(28-39(35)5)57(46-24-19-36(2)40(6)29-46)55-33-53-50-27-22-44(43-14-10-9-11-15-43)32-54(50)56(34-52(53)49-16-12-13-17-51(49)55)58(47-25-20-37(3)41(7)30-47)48-26-21-38(4)42(8)31-48/h12-13,16-34,43H,9-11,14-15H2,1-8H3. The van der Waals surface area contributed by atoms with E-state index >= 15 is 0 Å². The summed E-state index contributed by atoms with van der Waals surface area (Å²) in [4.78, 5) is 5.03. The van der Waals surface area contributed by atoms with Crippen LogP contribution in [0.15, 0.2) is 127 Å². The van der Waals surface area contributed by atoms with E-state index in [1.165, 1.54) is 149 Å². The molecule has 58 heavy (non-hydrogen) atoms. The second kappa shape index (κ2) is 15.1. The van der Waals surface area contributed by atoms with Gasteiger partial charge >= 0.3 is 0 Å². The van der Waals surface area contributed by atoms with Crippen molar-refractivity contribution in [2.24, 2.45) is 0 Å². The van der Waals surface area contributed by atoms with Crippen LogP contribution in [0.5, 0.6) is 0 Å². The fourth-order valence-electron chi connectivity index (χ4n) is 9.35. The van der Waals surface area contributed by atoms with Crippen molar-refractivity contribution < 1.29 is 0 Å². The van der Waals surface area contributed by atoms with Crippen molar-refractivity contribution in [3.8, 4) is 0 Å². The van der Waals surface area contributed by atoms with Crippen LogP contribution in [0.2, 0.25) is 0 Å². The zero-order valence-corrected chi connectivity index (χ0v) is 35.6. The summed E-state index contributed by atoms with van der Waals surface area (Å²) in [5, 5.41) is 7.63. The van der Waals surface area contributed by atoms with Crippen LogP contribution < -0.4 is 9.80 Å². The van der Waals surface area contributed by atoms with Gasteiger partial charge in [-0.15, -0.1) is 0 Å². The fourth-order valence-corrected chi connectivity index (χ4v) is 9.35. The SMILES string of the molecule is Cc1ccc(N(c2ccc(C)c(C)c2)c2cc3c4ccc(C5CCCCC5)cc4c(N(c4ccc(C)c(C)c4)c4ccc(C)c(C)c4)cc3c3ccccc23)cc1C. The predicted octanol–water partition coefficient (Wildman–Crippen LogP) is 16.6. The molecule has 0 saturated heterocycles. The lowest BCUT2D eigenvalue weighted by Gasteiger charge is -2.31. The number of hydrogen-bond donors (Lipinski definition) is 0. The first kappa shape index (κ1) is 37.7. The summed E-state index contributed by atoms with van der Waals surface area (Å²) in [6.45, 7) is 17.8. The lowest BCUT2D eigenvalue weighted by atomic mass is 9.83. The Morgan fingerprint density at radius 2 is 0.724 bits per heavy atom. The van der Waals surface area contributed by atoms with Gasteiger partial charge in [0.1, 0.15) is 0 Å². The minimum Gasteiger partial charge on any atom is -0.310 e. The molecule has 1 aliphatic carbocycles. The van der Waals surface area contributed by atoms with Crippen molar-refractivity contribution in [1.82, 2.24) is 0 Å². The molecule has 290 valence electrons. The largest absolute Gasteiger partial charge is 0.310 e. The molecule has 0 spiro atoms. The highest BCUT2D eigenvalue weighted by Gasteiger charge is 2.24. The lowest BCUT2D eigenvalue weighted by Crippen LogP contribution is -2.13. The molecule has 0 radical (unpaired) electrons. The van der Waals surface area contributed by atoms with Gasteiger partial charge < -0.3 is 9.80 Å². The minimum atomic E-state index is 0.593. The maximum absolute atomic E-state index is 2.56. The molecule has 1 aliphatic rings. The summed E-state index contributed by atoms with van der Waals surface area (Å²) in [7, 11) is 0. The van der Waals surface area contributed by atoms with Crippen LogP contribution in [-0.4, -0.2) is 0 Å². The molecule has 0 aliphatic heterocycles. The van der Waals surface area contributed by atoms with E-state index in [1.54, 1.807) is 0 Å². The molecule has 0 N–H and O–H groups in total. The third-order valence-electron chi connectivity index (χ3n) is 13.5. The molecule has 8 aromatic carbocycles. The number of aryl methyl sites for hydroxylation is 8. The van der Waals surface area contributed by atoms with Crippen molar-refractivity contribution >= 4 is 66.4 Å². The molecule has 1 saturated carbocycles. The Morgan fingerprint density at radius 1 is 0.328 bits per heavy atom. The molecular weight excluding hydrogens is 701 g/mol. The third kappa shape index (κ3) is 6.73. The number of anilines is 6. The van der Waals surface area contributed by atoms with Crippen LogP contribution >= 0.6 is 0 Å². The predicted molar refractivity (Wildman–Crippen MR) is 252 cm³/mol. The number of rotatable bonds is 7. The average Bonchev–Trinajstić information content (AvgIpc) is 3.23. The van der Waals surface area contributed by atoms with E-state index in [0.29, 0.717) is 5.92 Å².